The molecule has 4 rings (SSSR count). The van der Waals surface area contributed by atoms with Crippen molar-refractivity contribution in [3.05, 3.63) is 0 Å². The van der Waals surface area contributed by atoms with Crippen LogP contribution >= 0.6 is 23.5 Å². The molecular formula is C45H73N9O26S2. The number of nitrogens with zero attached hydrogens (tertiary/aromatic N) is 1. The summed E-state index contributed by atoms with van der Waals surface area (Å²) in [4.78, 5) is 130. The van der Waals surface area contributed by atoms with Crippen molar-refractivity contribution in [2.75, 3.05) is 56.2 Å². The molecule has 82 heavy (non-hydrogen) atoms. The number of aliphatic carboxylic acids is 2. The molecule has 0 aromatic heterocycles. The van der Waals surface area contributed by atoms with Crippen molar-refractivity contribution in [1.82, 2.24) is 36.8 Å². The molecule has 35 nitrogen and oxygen atoms in total. The maximum atomic E-state index is 14.5. The Labute approximate surface area is 475 Å². The summed E-state index contributed by atoms with van der Waals surface area (Å²) in [5.41, 5.74) is 11.5. The van der Waals surface area contributed by atoms with E-state index < -0.39 is 215 Å². The summed E-state index contributed by atoms with van der Waals surface area (Å²) in [6.45, 7) is -1.04. The van der Waals surface area contributed by atoms with Crippen LogP contribution in [0.5, 0.6) is 0 Å². The number of hydrogen-bond donors (Lipinski definition) is 18. The average molecular weight is 1220 g/mol. The molecule has 8 amide bonds. The number of aliphatic hydroxyl groups is 8. The first-order chi connectivity index (χ1) is 38.6. The lowest BCUT2D eigenvalue weighted by molar-refractivity contribution is -0.364. The first-order valence-electron chi connectivity index (χ1n) is 25.5. The Balaban J connectivity index is 1.62. The van der Waals surface area contributed by atoms with Crippen molar-refractivity contribution in [1.29, 1.82) is 0 Å². The molecule has 4 aliphatic heterocycles. The monoisotopic (exact) mass is 1220 g/mol. The fourth-order valence-corrected chi connectivity index (χ4v) is 10.2. The Morgan fingerprint density at radius 3 is 1.83 bits per heavy atom. The number of carbonyl (C=O) groups excluding carboxylic acids is 8. The molecule has 0 aromatic rings. The minimum absolute atomic E-state index is 0.00357. The van der Waals surface area contributed by atoms with Gasteiger partial charge in [0.05, 0.1) is 50.6 Å². The summed E-state index contributed by atoms with van der Waals surface area (Å²) in [6, 6.07) is -10.1. The third kappa shape index (κ3) is 20.5. The Hall–Kier alpha value is -5.20. The van der Waals surface area contributed by atoms with Gasteiger partial charge in [-0.05, 0) is 19.3 Å². The molecule has 0 saturated carbocycles. The van der Waals surface area contributed by atoms with Crippen LogP contribution in [0.25, 0.3) is 0 Å². The summed E-state index contributed by atoms with van der Waals surface area (Å²) in [5, 5.41) is 119. The lowest BCUT2D eigenvalue weighted by atomic mass is 9.98. The van der Waals surface area contributed by atoms with Crippen molar-refractivity contribution < 1.29 is 127 Å². The highest BCUT2D eigenvalue weighted by molar-refractivity contribution is 7.99. The summed E-state index contributed by atoms with van der Waals surface area (Å²) >= 11 is 1.98. The van der Waals surface area contributed by atoms with Crippen LogP contribution in [0, 0.1) is 0 Å². The highest BCUT2D eigenvalue weighted by Crippen LogP contribution is 2.31. The number of thioether (sulfide) groups is 2. The molecule has 0 radical (unpaired) electrons. The molecule has 0 aliphatic carbocycles. The van der Waals surface area contributed by atoms with E-state index >= 15 is 0 Å². The molecule has 0 bridgehead atoms. The van der Waals surface area contributed by atoms with E-state index in [1.54, 1.807) is 0 Å². The number of aliphatic hydroxyl groups excluding tert-OH is 8. The van der Waals surface area contributed by atoms with Gasteiger partial charge in [-0.1, -0.05) is 0 Å². The van der Waals surface area contributed by atoms with E-state index in [4.69, 9.17) is 39.9 Å². The summed E-state index contributed by atoms with van der Waals surface area (Å²) in [6.07, 6.45) is -26.4. The summed E-state index contributed by atoms with van der Waals surface area (Å²) < 4.78 is 33.3. The number of primary amides is 1. The van der Waals surface area contributed by atoms with Crippen LogP contribution in [0.3, 0.4) is 0 Å². The minimum Gasteiger partial charge on any atom is -0.481 e. The zero-order chi connectivity index (χ0) is 61.1. The smallest absolute Gasteiger partial charge is 0.327 e. The normalized spacial score (nSPS) is 30.1. The van der Waals surface area contributed by atoms with Crippen LogP contribution in [0.1, 0.15) is 46.0 Å². The molecule has 4 saturated heterocycles. The van der Waals surface area contributed by atoms with E-state index in [0.717, 1.165) is 28.4 Å². The van der Waals surface area contributed by atoms with Crippen LogP contribution in [0.4, 0.5) is 0 Å². The lowest BCUT2D eigenvalue weighted by Crippen LogP contribution is -2.65. The van der Waals surface area contributed by atoms with Crippen LogP contribution in [0.2, 0.25) is 0 Å². The summed E-state index contributed by atoms with van der Waals surface area (Å²) in [5.74, 6) is -10.9. The van der Waals surface area contributed by atoms with E-state index in [0.29, 0.717) is 0 Å². The maximum absolute atomic E-state index is 14.5. The van der Waals surface area contributed by atoms with Crippen molar-refractivity contribution in [3.63, 3.8) is 0 Å². The minimum atomic E-state index is -2.20. The Kier molecular flexibility index (Phi) is 28.2. The van der Waals surface area contributed by atoms with E-state index in [9.17, 15) is 99.0 Å². The van der Waals surface area contributed by atoms with Crippen molar-refractivity contribution in [2.24, 2.45) is 11.5 Å². The molecule has 0 spiro atoms. The highest BCUT2D eigenvalue weighted by Gasteiger charge is 2.52. The van der Waals surface area contributed by atoms with Gasteiger partial charge in [0.2, 0.25) is 47.3 Å². The van der Waals surface area contributed by atoms with Gasteiger partial charge in [-0.3, -0.25) is 43.2 Å². The summed E-state index contributed by atoms with van der Waals surface area (Å²) in [7, 11) is 0. The first kappa shape index (κ1) is 69.3. The number of nitrogens with one attached hydrogen (secondary N) is 6. The molecular weight excluding hydrogens is 1150 g/mol. The van der Waals surface area contributed by atoms with Gasteiger partial charge in [0.15, 0.2) is 18.9 Å². The first-order valence-corrected chi connectivity index (χ1v) is 27.8. The van der Waals surface area contributed by atoms with Crippen molar-refractivity contribution in [3.8, 4) is 0 Å². The topological polar surface area (TPSA) is 556 Å². The lowest BCUT2D eigenvalue weighted by Gasteiger charge is -2.46. The van der Waals surface area contributed by atoms with Crippen LogP contribution < -0.4 is 43.4 Å². The van der Waals surface area contributed by atoms with Gasteiger partial charge in [0, 0.05) is 38.3 Å². The number of likely N-dealkylation sites (tertiary alicyclic amines) is 1. The van der Waals surface area contributed by atoms with Gasteiger partial charge in [0.1, 0.15) is 91.2 Å². The average Bonchev–Trinajstić information content (AvgIpc) is 4.08. The molecule has 37 heteroatoms. The number of carbonyl (C=O) groups is 10. The van der Waals surface area contributed by atoms with Crippen LogP contribution in [-0.2, 0) is 76.4 Å². The van der Waals surface area contributed by atoms with Gasteiger partial charge >= 0.3 is 11.9 Å². The fourth-order valence-electron chi connectivity index (χ4n) is 8.45. The standard InChI is InChI=1S/C45H73N9O26S2/c1-17(56)48-15-81-13-19(46)37(68)50-20(5-6-29(61)62)38(69)52-22(39(70)51-21(8-28(47)60)41(72)54-7-3-4-24(54)40(71)53-23(42(73)74)14-82-16-49-18(2)57)10-75-44-34(67)36(31(64)27(9-55)78-44)80-45-33(66)35(26(59)12-77-45)79-43-32(65)30(63)25(58)11-76-43/h19-27,30-36,43-45,55,58-59,63-67H,3-16,46H2,1-2H3,(H2,47,60)(H,48,56)(H,49,57)(H,50,68)(H,51,70)(H,52,69)(H,53,71)(H,61,62)(H,73,74)/t19-,20-,21-,22-,23-,24-,25+,26+,27+,30-,31+,32+,33+,34+,35-,36-,43+,44+,45+/m0/s1. The molecule has 0 aromatic carbocycles. The largest absolute Gasteiger partial charge is 0.481 e. The van der Waals surface area contributed by atoms with Gasteiger partial charge in [0.25, 0.3) is 0 Å². The quantitative estimate of drug-likeness (QED) is 0.0226. The van der Waals surface area contributed by atoms with Gasteiger partial charge in [-0.15, -0.1) is 23.5 Å². The van der Waals surface area contributed by atoms with Gasteiger partial charge in [-0.25, -0.2) is 4.79 Å². The second kappa shape index (κ2) is 33.3. The second-order valence-corrected chi connectivity index (χ2v) is 21.3. The number of carboxylic acid groups (broad SMARTS) is 2. The fraction of sp³-hybridized carbons (Fsp3) is 0.778. The Bertz CT molecular complexity index is 2220. The zero-order valence-corrected chi connectivity index (χ0v) is 45.9. The molecule has 20 N–H and O–H groups in total. The number of hydrogen-bond acceptors (Lipinski definition) is 27. The number of amides is 8. The van der Waals surface area contributed by atoms with Crippen molar-refractivity contribution >= 4 is 82.7 Å². The van der Waals surface area contributed by atoms with Crippen LogP contribution in [0.15, 0.2) is 0 Å². The molecule has 4 aliphatic rings. The molecule has 466 valence electrons. The highest BCUT2D eigenvalue weighted by atomic mass is 32.2. The van der Waals surface area contributed by atoms with Crippen LogP contribution in [-0.4, -0.2) is 288 Å². The van der Waals surface area contributed by atoms with E-state index in [2.05, 4.69) is 31.9 Å². The number of ether oxygens (including phenoxy) is 6. The second-order valence-electron chi connectivity index (χ2n) is 19.2. The number of nitrogens with two attached hydrogens (primary N) is 2. The third-order valence-corrected chi connectivity index (χ3v) is 14.7. The predicted molar refractivity (Wildman–Crippen MR) is 274 cm³/mol. The zero-order valence-electron chi connectivity index (χ0n) is 44.3. The van der Waals surface area contributed by atoms with E-state index in [-0.39, 0.29) is 48.6 Å². The molecule has 0 unspecified atom stereocenters. The SMILES string of the molecule is CC(=O)NCSC[C@H](NC(=O)[C@@H]1CCCN1C(=O)[C@H](CC(N)=O)NC(=O)[C@H](CO[C@@H]1O[C@H](CO)[C@@H](O)[C@H](O[C@H]2OC[C@@H](O)[C@H](O[C@H]3OC[C@@H](O)[C@H](O)[C@H]3O)[C@H]2O)[C@H]1O)NC(=O)[C@H](CCC(=O)O)NC(=O)[C@@H](N)CSCNC(C)=O)C(=O)O. The number of rotatable bonds is 31. The Morgan fingerprint density at radius 2 is 1.23 bits per heavy atom. The van der Waals surface area contributed by atoms with E-state index in [1.807, 2.05) is 0 Å². The predicted octanol–water partition coefficient (Wildman–Crippen LogP) is -10.5. The van der Waals surface area contributed by atoms with Gasteiger partial charge < -0.3 is 128 Å². The Morgan fingerprint density at radius 1 is 0.671 bits per heavy atom. The van der Waals surface area contributed by atoms with Gasteiger partial charge in [-0.2, -0.15) is 0 Å². The number of carboxylic acids is 2. The van der Waals surface area contributed by atoms with Crippen molar-refractivity contribution in [2.45, 2.75) is 162 Å². The third-order valence-electron chi connectivity index (χ3n) is 12.9. The maximum Gasteiger partial charge on any atom is 0.327 e. The molecule has 4 fully saturated rings. The molecule has 19 atom stereocenters. The van der Waals surface area contributed by atoms with E-state index in [1.165, 1.54) is 13.8 Å². The molecule has 4 heterocycles.